The van der Waals surface area contributed by atoms with Gasteiger partial charge in [-0.1, -0.05) is 12.1 Å². The average Bonchev–Trinajstić information content (AvgIpc) is 2.38. The van der Waals surface area contributed by atoms with Crippen LogP contribution >= 0.6 is 0 Å². The molecule has 1 fully saturated rings. The first-order valence-electron chi connectivity index (χ1n) is 6.96. The third kappa shape index (κ3) is 3.07. The van der Waals surface area contributed by atoms with Gasteiger partial charge in [-0.3, -0.25) is 4.90 Å². The number of aliphatic hydroxyl groups is 1. The Kier molecular flexibility index (Phi) is 4.42. The molecule has 1 atom stereocenters. The van der Waals surface area contributed by atoms with Crippen molar-refractivity contribution in [1.29, 1.82) is 0 Å². The normalized spacial score (nSPS) is 18.9. The second kappa shape index (κ2) is 5.88. The van der Waals surface area contributed by atoms with Gasteiger partial charge in [0.25, 0.3) is 0 Å². The van der Waals surface area contributed by atoms with Gasteiger partial charge in [0, 0.05) is 37.8 Å². The van der Waals surface area contributed by atoms with Crippen molar-refractivity contribution in [3.63, 3.8) is 0 Å². The monoisotopic (exact) mass is 266 g/mol. The number of halogens is 1. The Morgan fingerprint density at radius 1 is 1.11 bits per heavy atom. The Morgan fingerprint density at radius 3 is 2.26 bits per heavy atom. The fraction of sp³-hybridized carbons (Fsp3) is 0.600. The van der Waals surface area contributed by atoms with Gasteiger partial charge in [0.05, 0.1) is 11.8 Å². The number of hydrogen-bond acceptors (Lipinski definition) is 3. The standard InChI is InChI=1S/C15H23FN2O/c1-11(2)17-7-9-18(10-8-17)15-13(12(3)19)5-4-6-14(15)16/h4-6,11-12,19H,7-10H2,1-3H3/t12-/m1/s1. The van der Waals surface area contributed by atoms with Crippen LogP contribution in [0.2, 0.25) is 0 Å². The lowest BCUT2D eigenvalue weighted by Crippen LogP contribution is -2.49. The molecule has 0 radical (unpaired) electrons. The van der Waals surface area contributed by atoms with Gasteiger partial charge in [0.1, 0.15) is 5.82 Å². The van der Waals surface area contributed by atoms with Crippen LogP contribution in [0.5, 0.6) is 0 Å². The van der Waals surface area contributed by atoms with E-state index in [2.05, 4.69) is 23.6 Å². The first kappa shape index (κ1) is 14.3. The van der Waals surface area contributed by atoms with E-state index in [1.807, 2.05) is 0 Å². The fourth-order valence-electron chi connectivity index (χ4n) is 2.66. The Labute approximate surface area is 114 Å². The largest absolute Gasteiger partial charge is 0.389 e. The predicted octanol–water partition coefficient (Wildman–Crippen LogP) is 2.41. The molecule has 1 aliphatic rings. The van der Waals surface area contributed by atoms with E-state index >= 15 is 0 Å². The molecule has 1 aromatic carbocycles. The quantitative estimate of drug-likeness (QED) is 0.910. The van der Waals surface area contributed by atoms with E-state index in [1.165, 1.54) is 6.07 Å². The van der Waals surface area contributed by atoms with Crippen LogP contribution < -0.4 is 4.90 Å². The van der Waals surface area contributed by atoms with Gasteiger partial charge < -0.3 is 10.0 Å². The summed E-state index contributed by atoms with van der Waals surface area (Å²) in [5.74, 6) is -0.239. The lowest BCUT2D eigenvalue weighted by atomic mass is 10.1. The third-order valence-electron chi connectivity index (χ3n) is 3.83. The molecule has 4 heteroatoms. The molecule has 0 spiro atoms. The maximum atomic E-state index is 14.1. The summed E-state index contributed by atoms with van der Waals surface area (Å²) < 4.78 is 14.1. The van der Waals surface area contributed by atoms with E-state index < -0.39 is 6.10 Å². The van der Waals surface area contributed by atoms with Crippen molar-refractivity contribution in [3.05, 3.63) is 29.6 Å². The number of piperazine rings is 1. The topological polar surface area (TPSA) is 26.7 Å². The van der Waals surface area contributed by atoms with Gasteiger partial charge in [0.2, 0.25) is 0 Å². The van der Waals surface area contributed by atoms with Crippen LogP contribution in [0.25, 0.3) is 0 Å². The SMILES string of the molecule is CC(C)N1CCN(c2c(F)cccc2[C@@H](C)O)CC1. The first-order valence-corrected chi connectivity index (χ1v) is 6.96. The molecule has 1 aromatic rings. The highest BCUT2D eigenvalue weighted by atomic mass is 19.1. The molecule has 0 unspecified atom stereocenters. The number of para-hydroxylation sites is 1. The van der Waals surface area contributed by atoms with Crippen LogP contribution in [-0.4, -0.2) is 42.2 Å². The van der Waals surface area contributed by atoms with Crippen molar-refractivity contribution in [2.75, 3.05) is 31.1 Å². The summed E-state index contributed by atoms with van der Waals surface area (Å²) in [5.41, 5.74) is 1.25. The van der Waals surface area contributed by atoms with Crippen LogP contribution in [0, 0.1) is 5.82 Å². The lowest BCUT2D eigenvalue weighted by Gasteiger charge is -2.39. The Morgan fingerprint density at radius 2 is 1.74 bits per heavy atom. The van der Waals surface area contributed by atoms with Crippen molar-refractivity contribution >= 4 is 5.69 Å². The second-order valence-electron chi connectivity index (χ2n) is 5.47. The Hall–Kier alpha value is -1.13. The summed E-state index contributed by atoms with van der Waals surface area (Å²) >= 11 is 0. The zero-order valence-electron chi connectivity index (χ0n) is 11.9. The van der Waals surface area contributed by atoms with E-state index in [-0.39, 0.29) is 5.82 Å². The van der Waals surface area contributed by atoms with E-state index in [9.17, 15) is 9.50 Å². The molecular formula is C15H23FN2O. The molecule has 1 N–H and O–H groups in total. The van der Waals surface area contributed by atoms with Gasteiger partial charge in [-0.25, -0.2) is 4.39 Å². The number of nitrogens with zero attached hydrogens (tertiary/aromatic N) is 2. The highest BCUT2D eigenvalue weighted by Gasteiger charge is 2.24. The van der Waals surface area contributed by atoms with E-state index in [0.717, 1.165) is 26.2 Å². The minimum absolute atomic E-state index is 0.239. The van der Waals surface area contributed by atoms with Gasteiger partial charge >= 0.3 is 0 Å². The molecule has 3 nitrogen and oxygen atoms in total. The molecule has 106 valence electrons. The molecule has 0 aromatic heterocycles. The third-order valence-corrected chi connectivity index (χ3v) is 3.83. The lowest BCUT2D eigenvalue weighted by molar-refractivity contribution is 0.195. The minimum Gasteiger partial charge on any atom is -0.389 e. The average molecular weight is 266 g/mol. The molecule has 0 amide bonds. The number of rotatable bonds is 3. The minimum atomic E-state index is -0.645. The maximum absolute atomic E-state index is 14.1. The van der Waals surface area contributed by atoms with Crippen molar-refractivity contribution < 1.29 is 9.50 Å². The second-order valence-corrected chi connectivity index (χ2v) is 5.47. The predicted molar refractivity (Wildman–Crippen MR) is 76.0 cm³/mol. The van der Waals surface area contributed by atoms with Crippen molar-refractivity contribution in [3.8, 4) is 0 Å². The summed E-state index contributed by atoms with van der Waals surface area (Å²) in [6.45, 7) is 9.52. The molecule has 2 rings (SSSR count). The van der Waals surface area contributed by atoms with Gasteiger partial charge in [-0.15, -0.1) is 0 Å². The highest BCUT2D eigenvalue weighted by molar-refractivity contribution is 5.56. The summed E-state index contributed by atoms with van der Waals surface area (Å²) in [5, 5.41) is 9.80. The molecule has 0 saturated carbocycles. The van der Waals surface area contributed by atoms with Crippen LogP contribution in [0.4, 0.5) is 10.1 Å². The Bertz CT molecular complexity index is 426. The number of aliphatic hydroxyl groups excluding tert-OH is 1. The van der Waals surface area contributed by atoms with Crippen LogP contribution in [0.1, 0.15) is 32.4 Å². The molecule has 1 aliphatic heterocycles. The smallest absolute Gasteiger partial charge is 0.146 e. The van der Waals surface area contributed by atoms with E-state index in [1.54, 1.807) is 19.1 Å². The van der Waals surface area contributed by atoms with Crippen molar-refractivity contribution in [1.82, 2.24) is 4.90 Å². The van der Waals surface area contributed by atoms with E-state index in [0.29, 0.717) is 17.3 Å². The summed E-state index contributed by atoms with van der Waals surface area (Å²) in [7, 11) is 0. The van der Waals surface area contributed by atoms with Gasteiger partial charge in [0.15, 0.2) is 0 Å². The number of benzene rings is 1. The zero-order chi connectivity index (χ0) is 14.0. The van der Waals surface area contributed by atoms with Crippen molar-refractivity contribution in [2.45, 2.75) is 32.9 Å². The molecule has 0 aliphatic carbocycles. The summed E-state index contributed by atoms with van der Waals surface area (Å²) in [6.07, 6.45) is -0.645. The summed E-state index contributed by atoms with van der Waals surface area (Å²) in [6, 6.07) is 5.46. The number of anilines is 1. The number of hydrogen-bond donors (Lipinski definition) is 1. The fourth-order valence-corrected chi connectivity index (χ4v) is 2.66. The zero-order valence-corrected chi connectivity index (χ0v) is 11.9. The molecule has 19 heavy (non-hydrogen) atoms. The first-order chi connectivity index (χ1) is 9.00. The Balaban J connectivity index is 2.19. The molecular weight excluding hydrogens is 243 g/mol. The van der Waals surface area contributed by atoms with Gasteiger partial charge in [-0.2, -0.15) is 0 Å². The van der Waals surface area contributed by atoms with Crippen LogP contribution in [0.15, 0.2) is 18.2 Å². The van der Waals surface area contributed by atoms with Crippen LogP contribution in [0.3, 0.4) is 0 Å². The van der Waals surface area contributed by atoms with Gasteiger partial charge in [-0.05, 0) is 26.8 Å². The maximum Gasteiger partial charge on any atom is 0.146 e. The summed E-state index contributed by atoms with van der Waals surface area (Å²) in [4.78, 5) is 4.44. The molecule has 1 saturated heterocycles. The van der Waals surface area contributed by atoms with E-state index in [4.69, 9.17) is 0 Å². The van der Waals surface area contributed by atoms with Crippen molar-refractivity contribution in [2.24, 2.45) is 0 Å². The molecule has 0 bridgehead atoms. The molecule has 1 heterocycles. The van der Waals surface area contributed by atoms with Crippen LogP contribution in [-0.2, 0) is 0 Å². The highest BCUT2D eigenvalue weighted by Crippen LogP contribution is 2.30.